The molecule has 1 aliphatic rings. The van der Waals surface area contributed by atoms with Crippen LogP contribution in [0.5, 0.6) is 0 Å². The fourth-order valence-corrected chi connectivity index (χ4v) is 4.53. The van der Waals surface area contributed by atoms with E-state index in [1.807, 2.05) is 6.07 Å². The Hall–Kier alpha value is -1.72. The molecule has 11 heteroatoms. The summed E-state index contributed by atoms with van der Waals surface area (Å²) in [5.41, 5.74) is 0.884. The highest BCUT2D eigenvalue weighted by Crippen LogP contribution is 2.31. The molecule has 0 atom stereocenters. The molecular weight excluding hydrogens is 425 g/mol. The maximum atomic E-state index is 14.1. The molecular formula is C17H19ClFN5O2S2. The minimum absolute atomic E-state index is 0. The molecule has 1 aliphatic heterocycles. The number of nitrogens with zero attached hydrogens (tertiary/aromatic N) is 5. The number of aromatic nitrogens is 3. The second-order valence-electron chi connectivity index (χ2n) is 6.18. The van der Waals surface area contributed by atoms with Crippen LogP contribution in [0.15, 0.2) is 18.2 Å². The molecule has 1 aromatic carbocycles. The number of rotatable bonds is 5. The third-order valence-electron chi connectivity index (χ3n) is 4.42. The Balaban J connectivity index is 0.00000225. The van der Waals surface area contributed by atoms with E-state index in [1.165, 1.54) is 17.4 Å². The van der Waals surface area contributed by atoms with Crippen LogP contribution in [0.4, 0.5) is 9.52 Å². The highest BCUT2D eigenvalue weighted by molar-refractivity contribution is 7.22. The lowest BCUT2D eigenvalue weighted by Gasteiger charge is -2.29. The molecule has 1 amide bonds. The molecule has 0 N–H and O–H groups in total. The van der Waals surface area contributed by atoms with E-state index in [0.717, 1.165) is 24.6 Å². The lowest BCUT2D eigenvalue weighted by molar-refractivity contribution is 0.0391. The van der Waals surface area contributed by atoms with E-state index in [2.05, 4.69) is 19.5 Å². The van der Waals surface area contributed by atoms with Gasteiger partial charge in [-0.1, -0.05) is 21.9 Å². The number of ether oxygens (including phenoxy) is 1. The van der Waals surface area contributed by atoms with Crippen molar-refractivity contribution in [3.63, 3.8) is 0 Å². The molecule has 7 nitrogen and oxygen atoms in total. The van der Waals surface area contributed by atoms with E-state index in [0.29, 0.717) is 52.2 Å². The number of thiazole rings is 1. The first-order chi connectivity index (χ1) is 13.1. The molecule has 1 saturated heterocycles. The minimum Gasteiger partial charge on any atom is -0.379 e. The van der Waals surface area contributed by atoms with Gasteiger partial charge in [-0.2, -0.15) is 0 Å². The molecule has 4 rings (SSSR count). The zero-order valence-corrected chi connectivity index (χ0v) is 17.6. The van der Waals surface area contributed by atoms with Gasteiger partial charge in [0, 0.05) is 26.2 Å². The molecule has 0 unspecified atom stereocenters. The van der Waals surface area contributed by atoms with Crippen molar-refractivity contribution >= 4 is 56.5 Å². The van der Waals surface area contributed by atoms with Gasteiger partial charge in [0.2, 0.25) is 0 Å². The third kappa shape index (κ3) is 4.31. The average molecular weight is 444 g/mol. The number of hydrogen-bond acceptors (Lipinski definition) is 8. The predicted octanol–water partition coefficient (Wildman–Crippen LogP) is 3.00. The van der Waals surface area contributed by atoms with Gasteiger partial charge in [-0.05, 0) is 30.6 Å². The van der Waals surface area contributed by atoms with Crippen molar-refractivity contribution in [3.8, 4) is 0 Å². The quantitative estimate of drug-likeness (QED) is 0.603. The van der Waals surface area contributed by atoms with Crippen LogP contribution in [-0.4, -0.2) is 64.8 Å². The maximum absolute atomic E-state index is 14.1. The molecule has 3 aromatic rings. The molecule has 0 saturated carbocycles. The Bertz CT molecular complexity index is 960. The van der Waals surface area contributed by atoms with Crippen molar-refractivity contribution in [2.75, 3.05) is 44.3 Å². The van der Waals surface area contributed by atoms with Crippen molar-refractivity contribution in [1.82, 2.24) is 19.5 Å². The molecule has 28 heavy (non-hydrogen) atoms. The minimum atomic E-state index is -0.383. The number of hydrogen-bond donors (Lipinski definition) is 0. The molecule has 0 spiro atoms. The molecule has 0 bridgehead atoms. The molecule has 2 aromatic heterocycles. The molecule has 1 fully saturated rings. The van der Waals surface area contributed by atoms with E-state index in [1.54, 1.807) is 17.9 Å². The van der Waals surface area contributed by atoms with Crippen LogP contribution in [0.2, 0.25) is 0 Å². The van der Waals surface area contributed by atoms with E-state index in [9.17, 15) is 9.18 Å². The zero-order chi connectivity index (χ0) is 18.8. The largest absolute Gasteiger partial charge is 0.379 e. The van der Waals surface area contributed by atoms with Crippen molar-refractivity contribution in [2.24, 2.45) is 0 Å². The highest BCUT2D eigenvalue weighted by atomic mass is 35.5. The van der Waals surface area contributed by atoms with Gasteiger partial charge in [-0.3, -0.25) is 14.6 Å². The number of halogens is 2. The molecule has 150 valence electrons. The highest BCUT2D eigenvalue weighted by Gasteiger charge is 2.26. The summed E-state index contributed by atoms with van der Waals surface area (Å²) in [7, 11) is 0. The van der Waals surface area contributed by atoms with Crippen LogP contribution in [0, 0.1) is 12.7 Å². The van der Waals surface area contributed by atoms with Gasteiger partial charge in [-0.25, -0.2) is 9.37 Å². The van der Waals surface area contributed by atoms with Crippen LogP contribution >= 0.6 is 35.3 Å². The first-order valence-corrected chi connectivity index (χ1v) is 10.2. The lowest BCUT2D eigenvalue weighted by Crippen LogP contribution is -2.43. The summed E-state index contributed by atoms with van der Waals surface area (Å²) in [4.78, 5) is 21.9. The number of benzene rings is 1. The van der Waals surface area contributed by atoms with E-state index >= 15 is 0 Å². The van der Waals surface area contributed by atoms with Gasteiger partial charge in [0.25, 0.3) is 5.91 Å². The fraction of sp³-hybridized carbons (Fsp3) is 0.412. The average Bonchev–Trinajstić information content (AvgIpc) is 3.29. The van der Waals surface area contributed by atoms with Crippen molar-refractivity contribution in [2.45, 2.75) is 6.92 Å². The summed E-state index contributed by atoms with van der Waals surface area (Å²) in [6.45, 7) is 5.96. The van der Waals surface area contributed by atoms with Gasteiger partial charge < -0.3 is 4.74 Å². The topological polar surface area (TPSA) is 71.5 Å². The maximum Gasteiger partial charge on any atom is 0.273 e. The number of carbonyl (C=O) groups excluding carboxylic acids is 1. The SMILES string of the molecule is Cc1nnsc1C(=O)N(CCN1CCOCC1)c1nc2c(F)cccc2s1.Cl. The fourth-order valence-electron chi connectivity index (χ4n) is 2.92. The van der Waals surface area contributed by atoms with Crippen LogP contribution in [0.1, 0.15) is 15.4 Å². The van der Waals surface area contributed by atoms with Crippen molar-refractivity contribution in [3.05, 3.63) is 34.6 Å². The second kappa shape index (κ2) is 9.19. The summed E-state index contributed by atoms with van der Waals surface area (Å²) in [5, 5.41) is 4.42. The lowest BCUT2D eigenvalue weighted by atomic mass is 10.3. The smallest absolute Gasteiger partial charge is 0.273 e. The zero-order valence-electron chi connectivity index (χ0n) is 15.1. The van der Waals surface area contributed by atoms with E-state index < -0.39 is 0 Å². The van der Waals surface area contributed by atoms with Crippen molar-refractivity contribution in [1.29, 1.82) is 0 Å². The number of fused-ring (bicyclic) bond motifs is 1. The number of aryl methyl sites for hydroxylation is 1. The normalized spacial score (nSPS) is 14.8. The summed E-state index contributed by atoms with van der Waals surface area (Å²) < 4.78 is 24.0. The van der Waals surface area contributed by atoms with Gasteiger partial charge in [0.05, 0.1) is 23.6 Å². The molecule has 0 aliphatic carbocycles. The van der Waals surface area contributed by atoms with Gasteiger partial charge in [-0.15, -0.1) is 17.5 Å². The first kappa shape index (κ1) is 21.0. The van der Waals surface area contributed by atoms with Gasteiger partial charge in [0.15, 0.2) is 5.13 Å². The van der Waals surface area contributed by atoms with Crippen LogP contribution in [0.3, 0.4) is 0 Å². The number of amides is 1. The Morgan fingerprint density at radius 1 is 1.36 bits per heavy atom. The van der Waals surface area contributed by atoms with E-state index in [-0.39, 0.29) is 24.1 Å². The van der Waals surface area contributed by atoms with Crippen LogP contribution < -0.4 is 4.90 Å². The van der Waals surface area contributed by atoms with Gasteiger partial charge >= 0.3 is 0 Å². The standard InChI is InChI=1S/C17H18FN5O2S2.ClH/c1-11-15(27-21-20-11)16(24)23(6-5-22-7-9-25-10-8-22)17-19-14-12(18)3-2-4-13(14)26-17;/h2-4H,5-10H2,1H3;1H. The number of anilines is 1. The van der Waals surface area contributed by atoms with Crippen LogP contribution in [-0.2, 0) is 4.74 Å². The monoisotopic (exact) mass is 443 g/mol. The first-order valence-electron chi connectivity index (χ1n) is 8.59. The summed E-state index contributed by atoms with van der Waals surface area (Å²) in [6, 6.07) is 4.84. The van der Waals surface area contributed by atoms with Crippen LogP contribution in [0.25, 0.3) is 10.2 Å². The third-order valence-corrected chi connectivity index (χ3v) is 6.28. The summed E-state index contributed by atoms with van der Waals surface area (Å²) in [5.74, 6) is -0.582. The number of carbonyl (C=O) groups is 1. The second-order valence-corrected chi connectivity index (χ2v) is 7.94. The Morgan fingerprint density at radius 2 is 2.14 bits per heavy atom. The molecule has 3 heterocycles. The Kier molecular flexibility index (Phi) is 6.89. The number of para-hydroxylation sites is 1. The Morgan fingerprint density at radius 3 is 2.82 bits per heavy atom. The number of morpholine rings is 1. The van der Waals surface area contributed by atoms with Gasteiger partial charge in [0.1, 0.15) is 16.2 Å². The predicted molar refractivity (Wildman–Crippen MR) is 110 cm³/mol. The molecule has 0 radical (unpaired) electrons. The van der Waals surface area contributed by atoms with E-state index in [4.69, 9.17) is 4.74 Å². The summed E-state index contributed by atoms with van der Waals surface area (Å²) >= 11 is 2.38. The van der Waals surface area contributed by atoms with Crippen molar-refractivity contribution < 1.29 is 13.9 Å². The summed E-state index contributed by atoms with van der Waals surface area (Å²) in [6.07, 6.45) is 0. The Labute approximate surface area is 175 Å².